The van der Waals surface area contributed by atoms with Crippen LogP contribution in [-0.4, -0.2) is 45.5 Å². The second-order valence-corrected chi connectivity index (χ2v) is 7.23. The molecule has 0 saturated carbocycles. The third-order valence-corrected chi connectivity index (χ3v) is 5.57. The fourth-order valence-corrected chi connectivity index (χ4v) is 3.80. The van der Waals surface area contributed by atoms with Crippen molar-refractivity contribution < 1.29 is 4.79 Å². The van der Waals surface area contributed by atoms with E-state index < -0.39 is 0 Å². The van der Waals surface area contributed by atoms with Crippen LogP contribution in [0.4, 0.5) is 0 Å². The number of aryl methyl sites for hydroxylation is 1. The normalized spacial score (nSPS) is 14.4. The zero-order chi connectivity index (χ0) is 16.9. The quantitative estimate of drug-likeness (QED) is 0.748. The van der Waals surface area contributed by atoms with Crippen molar-refractivity contribution in [2.75, 3.05) is 19.6 Å². The van der Waals surface area contributed by atoms with E-state index in [1.165, 1.54) is 4.88 Å². The summed E-state index contributed by atoms with van der Waals surface area (Å²) in [5, 5.41) is 15.6. The van der Waals surface area contributed by atoms with Crippen molar-refractivity contribution in [1.29, 1.82) is 0 Å². The van der Waals surface area contributed by atoms with E-state index in [9.17, 15) is 4.79 Å². The zero-order valence-electron chi connectivity index (χ0n) is 15.0. The van der Waals surface area contributed by atoms with Gasteiger partial charge in [0.25, 0.3) is 5.91 Å². The Kier molecular flexibility index (Phi) is 9.49. The summed E-state index contributed by atoms with van der Waals surface area (Å²) in [5.41, 5.74) is 1.28. The Morgan fingerprint density at radius 1 is 1.38 bits per heavy atom. The molecule has 0 spiro atoms. The van der Waals surface area contributed by atoms with Crippen LogP contribution in [0.5, 0.6) is 0 Å². The number of nitrogens with zero attached hydrogens (tertiary/aromatic N) is 4. The minimum absolute atomic E-state index is 0. The van der Waals surface area contributed by atoms with Crippen LogP contribution < -0.4 is 10.6 Å². The highest BCUT2D eigenvalue weighted by Gasteiger charge is 2.22. The molecule has 1 amide bonds. The van der Waals surface area contributed by atoms with Crippen LogP contribution in [-0.2, 0) is 12.8 Å². The van der Waals surface area contributed by atoms with Crippen LogP contribution in [0, 0.1) is 6.92 Å². The summed E-state index contributed by atoms with van der Waals surface area (Å²) in [6.45, 7) is 6.58. The Balaban J connectivity index is 0.00000169. The van der Waals surface area contributed by atoms with Crippen molar-refractivity contribution in [3.63, 3.8) is 0 Å². The van der Waals surface area contributed by atoms with Gasteiger partial charge in [-0.15, -0.1) is 41.2 Å². The van der Waals surface area contributed by atoms with Gasteiger partial charge in [-0.3, -0.25) is 4.79 Å². The highest BCUT2D eigenvalue weighted by molar-refractivity contribution is 7.11. The van der Waals surface area contributed by atoms with Crippen molar-refractivity contribution in [1.82, 2.24) is 30.6 Å². The number of hydrogen-bond donors (Lipinski definition) is 2. The standard InChI is InChI=1S/C16H24N6OS.2ClH/c1-3-13-10-19-14(24-13)6-9-18-16(23)15-11(2)22(21-20-15)12-4-7-17-8-5-12;;/h10,12,17H,3-9H2,1-2H3,(H,18,23);2*1H. The number of thiazole rings is 1. The van der Waals surface area contributed by atoms with Gasteiger partial charge in [0.2, 0.25) is 0 Å². The summed E-state index contributed by atoms with van der Waals surface area (Å²) in [7, 11) is 0. The average Bonchev–Trinajstić information content (AvgIpc) is 3.22. The topological polar surface area (TPSA) is 84.7 Å². The van der Waals surface area contributed by atoms with Gasteiger partial charge in [0.05, 0.1) is 16.7 Å². The van der Waals surface area contributed by atoms with E-state index in [1.54, 1.807) is 11.3 Å². The van der Waals surface area contributed by atoms with Crippen LogP contribution >= 0.6 is 36.2 Å². The minimum Gasteiger partial charge on any atom is -0.350 e. The molecule has 0 radical (unpaired) electrons. The van der Waals surface area contributed by atoms with Gasteiger partial charge in [0, 0.05) is 24.0 Å². The third-order valence-electron chi connectivity index (χ3n) is 4.37. The van der Waals surface area contributed by atoms with Gasteiger partial charge < -0.3 is 10.6 Å². The number of aromatic nitrogens is 4. The SMILES string of the molecule is CCc1cnc(CCNC(=O)c2nnn(C3CCNCC3)c2C)s1.Cl.Cl. The van der Waals surface area contributed by atoms with Crippen molar-refractivity contribution >= 4 is 42.1 Å². The lowest BCUT2D eigenvalue weighted by atomic mass is 10.1. The molecule has 1 saturated heterocycles. The van der Waals surface area contributed by atoms with Crippen molar-refractivity contribution in [2.24, 2.45) is 0 Å². The zero-order valence-corrected chi connectivity index (χ0v) is 17.5. The smallest absolute Gasteiger partial charge is 0.273 e. The average molecular weight is 421 g/mol. The largest absolute Gasteiger partial charge is 0.350 e. The highest BCUT2D eigenvalue weighted by Crippen LogP contribution is 2.20. The Bertz CT molecular complexity index is 699. The van der Waals surface area contributed by atoms with E-state index in [2.05, 4.69) is 32.9 Å². The fourth-order valence-electron chi connectivity index (χ4n) is 2.94. The molecule has 1 aliphatic rings. The van der Waals surface area contributed by atoms with E-state index in [0.29, 0.717) is 18.3 Å². The molecule has 0 aliphatic carbocycles. The molecule has 2 aromatic rings. The van der Waals surface area contributed by atoms with Gasteiger partial charge in [0.1, 0.15) is 0 Å². The summed E-state index contributed by atoms with van der Waals surface area (Å²) < 4.78 is 1.91. The predicted octanol–water partition coefficient (Wildman–Crippen LogP) is 2.35. The van der Waals surface area contributed by atoms with Crippen molar-refractivity contribution in [3.8, 4) is 0 Å². The molecule has 0 aromatic carbocycles. The summed E-state index contributed by atoms with van der Waals surface area (Å²) in [5.74, 6) is -0.153. The molecular formula is C16H26Cl2N6OS. The number of carbonyl (C=O) groups excluding carboxylic acids is 1. The lowest BCUT2D eigenvalue weighted by molar-refractivity contribution is 0.0948. The van der Waals surface area contributed by atoms with Crippen LogP contribution in [0.1, 0.15) is 51.9 Å². The lowest BCUT2D eigenvalue weighted by Gasteiger charge is -2.23. The van der Waals surface area contributed by atoms with Crippen LogP contribution in [0.25, 0.3) is 0 Å². The first-order valence-electron chi connectivity index (χ1n) is 8.53. The van der Waals surface area contributed by atoms with Gasteiger partial charge in [-0.25, -0.2) is 9.67 Å². The number of rotatable bonds is 6. The first-order chi connectivity index (χ1) is 11.7. The van der Waals surface area contributed by atoms with Crippen LogP contribution in [0.2, 0.25) is 0 Å². The van der Waals surface area contributed by atoms with Gasteiger partial charge in [-0.2, -0.15) is 0 Å². The van der Waals surface area contributed by atoms with E-state index >= 15 is 0 Å². The molecular weight excluding hydrogens is 395 g/mol. The van der Waals surface area contributed by atoms with E-state index in [1.807, 2.05) is 17.8 Å². The van der Waals surface area contributed by atoms with Crippen LogP contribution in [0.15, 0.2) is 6.20 Å². The van der Waals surface area contributed by atoms with Crippen LogP contribution in [0.3, 0.4) is 0 Å². The maximum absolute atomic E-state index is 12.4. The van der Waals surface area contributed by atoms with Gasteiger partial charge in [0.15, 0.2) is 5.69 Å². The fraction of sp³-hybridized carbons (Fsp3) is 0.625. The van der Waals surface area contributed by atoms with Gasteiger partial charge >= 0.3 is 0 Å². The Labute approximate surface area is 170 Å². The monoisotopic (exact) mass is 420 g/mol. The first kappa shape index (κ1) is 22.8. The van der Waals surface area contributed by atoms with E-state index in [-0.39, 0.29) is 30.7 Å². The maximum atomic E-state index is 12.4. The van der Waals surface area contributed by atoms with Gasteiger partial charge in [-0.05, 0) is 39.3 Å². The molecule has 7 nitrogen and oxygen atoms in total. The van der Waals surface area contributed by atoms with E-state index in [0.717, 1.165) is 49.5 Å². The summed E-state index contributed by atoms with van der Waals surface area (Å²) in [4.78, 5) is 18.0. The summed E-state index contributed by atoms with van der Waals surface area (Å²) in [6.07, 6.45) is 5.71. The molecule has 26 heavy (non-hydrogen) atoms. The minimum atomic E-state index is -0.153. The maximum Gasteiger partial charge on any atom is 0.273 e. The molecule has 2 aromatic heterocycles. The number of hydrogen-bond acceptors (Lipinski definition) is 6. The number of carbonyl (C=O) groups is 1. The van der Waals surface area contributed by atoms with Crippen molar-refractivity contribution in [3.05, 3.63) is 27.5 Å². The molecule has 1 aliphatic heterocycles. The Morgan fingerprint density at radius 3 is 2.77 bits per heavy atom. The molecule has 1 fully saturated rings. The lowest BCUT2D eigenvalue weighted by Crippen LogP contribution is -2.30. The number of halogens is 2. The molecule has 3 rings (SSSR count). The molecule has 10 heteroatoms. The predicted molar refractivity (Wildman–Crippen MR) is 108 cm³/mol. The van der Waals surface area contributed by atoms with E-state index in [4.69, 9.17) is 0 Å². The Hall–Kier alpha value is -1.22. The van der Waals surface area contributed by atoms with Crippen molar-refractivity contribution in [2.45, 2.75) is 45.6 Å². The number of piperidine rings is 1. The Morgan fingerprint density at radius 2 is 2.12 bits per heavy atom. The molecule has 2 N–H and O–H groups in total. The molecule has 3 heterocycles. The number of amides is 1. The first-order valence-corrected chi connectivity index (χ1v) is 9.35. The molecule has 0 bridgehead atoms. The van der Waals surface area contributed by atoms with Gasteiger partial charge in [-0.1, -0.05) is 12.1 Å². The molecule has 146 valence electrons. The molecule has 0 unspecified atom stereocenters. The summed E-state index contributed by atoms with van der Waals surface area (Å²) >= 11 is 1.71. The highest BCUT2D eigenvalue weighted by atomic mass is 35.5. The molecule has 0 atom stereocenters. The second kappa shape index (κ2) is 10.8. The number of nitrogens with one attached hydrogen (secondary N) is 2. The third kappa shape index (κ3) is 5.39. The summed E-state index contributed by atoms with van der Waals surface area (Å²) in [6, 6.07) is 0.336. The second-order valence-electron chi connectivity index (χ2n) is 6.03.